The number of carbonyl (C=O) groups excluding carboxylic acids is 1. The summed E-state index contributed by atoms with van der Waals surface area (Å²) in [6, 6.07) is -0.231. The van der Waals surface area contributed by atoms with Crippen molar-refractivity contribution in [3.05, 3.63) is 0 Å². The fraction of sp³-hybridized carbons (Fsp3) is 0.833. The second-order valence-electron chi connectivity index (χ2n) is 2.49. The first-order chi connectivity index (χ1) is 5.31. The maximum Gasteiger partial charge on any atom is 0.422 e. The molecule has 1 N–H and O–H groups in total. The van der Waals surface area contributed by atoms with Gasteiger partial charge in [0.2, 0.25) is 0 Å². The van der Waals surface area contributed by atoms with Gasteiger partial charge in [0.1, 0.15) is 0 Å². The van der Waals surface area contributed by atoms with Crippen LogP contribution in [0.25, 0.3) is 0 Å². The van der Waals surface area contributed by atoms with E-state index in [0.29, 0.717) is 0 Å². The first-order valence-electron chi connectivity index (χ1n) is 3.31. The van der Waals surface area contributed by atoms with Gasteiger partial charge in [0.25, 0.3) is 0 Å². The van der Waals surface area contributed by atoms with Crippen molar-refractivity contribution >= 4 is 6.09 Å². The second kappa shape index (κ2) is 4.18. The van der Waals surface area contributed by atoms with Crippen molar-refractivity contribution in [1.82, 2.24) is 5.32 Å². The predicted molar refractivity (Wildman–Crippen MR) is 35.7 cm³/mol. The SMILES string of the molecule is CC(C)NC(=O)OCC(F)(F)F. The Hall–Kier alpha value is -0.940. The summed E-state index contributed by atoms with van der Waals surface area (Å²) in [6.45, 7) is 1.69. The van der Waals surface area contributed by atoms with Crippen LogP contribution in [-0.4, -0.2) is 24.9 Å². The molecular formula is C6H10F3NO2. The van der Waals surface area contributed by atoms with Crippen molar-refractivity contribution in [3.63, 3.8) is 0 Å². The molecule has 0 aliphatic rings. The number of alkyl halides is 3. The maximum absolute atomic E-state index is 11.4. The van der Waals surface area contributed by atoms with Crippen LogP contribution in [0.2, 0.25) is 0 Å². The first kappa shape index (κ1) is 11.1. The van der Waals surface area contributed by atoms with Crippen LogP contribution in [0.5, 0.6) is 0 Å². The van der Waals surface area contributed by atoms with Gasteiger partial charge >= 0.3 is 12.3 Å². The van der Waals surface area contributed by atoms with Crippen LogP contribution in [0, 0.1) is 0 Å². The van der Waals surface area contributed by atoms with Gasteiger partial charge in [0.15, 0.2) is 6.61 Å². The number of ether oxygens (including phenoxy) is 1. The molecule has 0 saturated heterocycles. The van der Waals surface area contributed by atoms with Crippen LogP contribution in [0.15, 0.2) is 0 Å². The van der Waals surface area contributed by atoms with Crippen molar-refractivity contribution in [2.45, 2.75) is 26.1 Å². The third-order valence-electron chi connectivity index (χ3n) is 0.773. The Morgan fingerprint density at radius 2 is 2.00 bits per heavy atom. The summed E-state index contributed by atoms with van der Waals surface area (Å²) >= 11 is 0. The molecule has 3 nitrogen and oxygen atoms in total. The van der Waals surface area contributed by atoms with E-state index in [1.165, 1.54) is 0 Å². The zero-order valence-electron chi connectivity index (χ0n) is 6.73. The molecule has 72 valence electrons. The van der Waals surface area contributed by atoms with E-state index in [1.54, 1.807) is 13.8 Å². The third-order valence-corrected chi connectivity index (χ3v) is 0.773. The molecule has 0 aromatic carbocycles. The maximum atomic E-state index is 11.4. The molecule has 0 spiro atoms. The molecule has 0 atom stereocenters. The van der Waals surface area contributed by atoms with Gasteiger partial charge in [0, 0.05) is 6.04 Å². The Morgan fingerprint density at radius 3 is 2.33 bits per heavy atom. The second-order valence-corrected chi connectivity index (χ2v) is 2.49. The lowest BCUT2D eigenvalue weighted by Gasteiger charge is -2.10. The van der Waals surface area contributed by atoms with E-state index in [0.717, 1.165) is 0 Å². The normalized spacial score (nSPS) is 11.5. The quantitative estimate of drug-likeness (QED) is 0.710. The Labute approximate surface area is 67.9 Å². The van der Waals surface area contributed by atoms with Crippen molar-refractivity contribution in [1.29, 1.82) is 0 Å². The van der Waals surface area contributed by atoms with Crippen LogP contribution in [0.3, 0.4) is 0 Å². The Morgan fingerprint density at radius 1 is 1.50 bits per heavy atom. The van der Waals surface area contributed by atoms with Crippen LogP contribution in [-0.2, 0) is 4.74 Å². The summed E-state index contributed by atoms with van der Waals surface area (Å²) in [5, 5.41) is 2.15. The largest absolute Gasteiger partial charge is 0.440 e. The highest BCUT2D eigenvalue weighted by molar-refractivity contribution is 5.67. The third kappa shape index (κ3) is 7.17. The molecule has 0 aliphatic carbocycles. The zero-order chi connectivity index (χ0) is 9.78. The number of halogens is 3. The number of carbonyl (C=O) groups is 1. The number of alkyl carbamates (subject to hydrolysis) is 1. The van der Waals surface area contributed by atoms with E-state index in [4.69, 9.17) is 0 Å². The van der Waals surface area contributed by atoms with Crippen molar-refractivity contribution < 1.29 is 22.7 Å². The Kier molecular flexibility index (Phi) is 3.85. The highest BCUT2D eigenvalue weighted by Crippen LogP contribution is 2.14. The molecule has 0 unspecified atom stereocenters. The van der Waals surface area contributed by atoms with Gasteiger partial charge < -0.3 is 10.1 Å². The van der Waals surface area contributed by atoms with Crippen molar-refractivity contribution in [2.75, 3.05) is 6.61 Å². The summed E-state index contributed by atoms with van der Waals surface area (Å²) in [7, 11) is 0. The Bertz CT molecular complexity index is 155. The number of nitrogens with one attached hydrogen (secondary N) is 1. The molecule has 1 amide bonds. The average molecular weight is 185 g/mol. The molecule has 0 bridgehead atoms. The van der Waals surface area contributed by atoms with Crippen LogP contribution in [0.4, 0.5) is 18.0 Å². The van der Waals surface area contributed by atoms with Crippen LogP contribution in [0.1, 0.15) is 13.8 Å². The molecule has 0 aromatic heterocycles. The number of hydrogen-bond acceptors (Lipinski definition) is 2. The lowest BCUT2D eigenvalue weighted by Crippen LogP contribution is -2.33. The lowest BCUT2D eigenvalue weighted by atomic mass is 10.4. The monoisotopic (exact) mass is 185 g/mol. The highest BCUT2D eigenvalue weighted by atomic mass is 19.4. The number of rotatable bonds is 2. The summed E-state index contributed by atoms with van der Waals surface area (Å²) in [4.78, 5) is 10.5. The minimum atomic E-state index is -4.46. The standard InChI is InChI=1S/C6H10F3NO2/c1-4(2)10-5(11)12-3-6(7,8)9/h4H,3H2,1-2H3,(H,10,11). The minimum absolute atomic E-state index is 0.231. The van der Waals surface area contributed by atoms with E-state index in [9.17, 15) is 18.0 Å². The molecule has 0 heterocycles. The molecule has 6 heteroatoms. The van der Waals surface area contributed by atoms with Gasteiger partial charge in [-0.05, 0) is 13.8 Å². The molecule has 0 aliphatic heterocycles. The Balaban J connectivity index is 3.58. The smallest absolute Gasteiger partial charge is 0.422 e. The van der Waals surface area contributed by atoms with E-state index in [-0.39, 0.29) is 6.04 Å². The zero-order valence-corrected chi connectivity index (χ0v) is 6.73. The molecular weight excluding hydrogens is 175 g/mol. The van der Waals surface area contributed by atoms with Crippen molar-refractivity contribution in [2.24, 2.45) is 0 Å². The summed E-state index contributed by atoms with van der Waals surface area (Å²) in [5.41, 5.74) is 0. The van der Waals surface area contributed by atoms with Crippen LogP contribution < -0.4 is 5.32 Å². The van der Waals surface area contributed by atoms with Gasteiger partial charge in [-0.25, -0.2) is 4.79 Å². The van der Waals surface area contributed by atoms with Gasteiger partial charge in [0.05, 0.1) is 0 Å². The van der Waals surface area contributed by atoms with Gasteiger partial charge in [-0.15, -0.1) is 0 Å². The first-order valence-corrected chi connectivity index (χ1v) is 3.31. The molecule has 0 aromatic rings. The number of amides is 1. The predicted octanol–water partition coefficient (Wildman–Crippen LogP) is 1.68. The minimum Gasteiger partial charge on any atom is -0.440 e. The fourth-order valence-corrected chi connectivity index (χ4v) is 0.425. The highest BCUT2D eigenvalue weighted by Gasteiger charge is 2.29. The van der Waals surface area contributed by atoms with Gasteiger partial charge in [-0.1, -0.05) is 0 Å². The van der Waals surface area contributed by atoms with Crippen molar-refractivity contribution in [3.8, 4) is 0 Å². The molecule has 12 heavy (non-hydrogen) atoms. The summed E-state index contributed by atoms with van der Waals surface area (Å²) in [6.07, 6.45) is -5.52. The molecule has 0 rings (SSSR count). The topological polar surface area (TPSA) is 38.3 Å². The fourth-order valence-electron chi connectivity index (χ4n) is 0.425. The lowest BCUT2D eigenvalue weighted by molar-refractivity contribution is -0.160. The van der Waals surface area contributed by atoms with Gasteiger partial charge in [-0.2, -0.15) is 13.2 Å². The molecule has 0 fully saturated rings. The number of hydrogen-bond donors (Lipinski definition) is 1. The van der Waals surface area contributed by atoms with Gasteiger partial charge in [-0.3, -0.25) is 0 Å². The van der Waals surface area contributed by atoms with E-state index in [2.05, 4.69) is 10.1 Å². The van der Waals surface area contributed by atoms with E-state index in [1.807, 2.05) is 0 Å². The summed E-state index contributed by atoms with van der Waals surface area (Å²) in [5.74, 6) is 0. The van der Waals surface area contributed by atoms with E-state index < -0.39 is 18.9 Å². The van der Waals surface area contributed by atoms with Crippen LogP contribution >= 0.6 is 0 Å². The molecule has 0 radical (unpaired) electrons. The van der Waals surface area contributed by atoms with E-state index >= 15 is 0 Å². The average Bonchev–Trinajstić information content (AvgIpc) is 1.80. The molecule has 0 saturated carbocycles. The summed E-state index contributed by atoms with van der Waals surface area (Å²) < 4.78 is 38.2.